The summed E-state index contributed by atoms with van der Waals surface area (Å²) in [6.45, 7) is 7.78. The molecular formula is C16H21BrN4S. The number of nitrogens with one attached hydrogen (secondary N) is 1. The van der Waals surface area contributed by atoms with E-state index < -0.39 is 0 Å². The fourth-order valence-electron chi connectivity index (χ4n) is 1.97. The van der Waals surface area contributed by atoms with Crippen LogP contribution in [0.15, 0.2) is 46.0 Å². The minimum atomic E-state index is 0.602. The van der Waals surface area contributed by atoms with E-state index in [0.29, 0.717) is 5.95 Å². The lowest BCUT2D eigenvalue weighted by Gasteiger charge is -2.17. The molecular weight excluding hydrogens is 360 g/mol. The SMILES string of the molecule is CCN(CC)CCSc1ccc(Nc2ncc(Br)cn2)cc1. The maximum absolute atomic E-state index is 4.20. The summed E-state index contributed by atoms with van der Waals surface area (Å²) in [5.41, 5.74) is 0.996. The third kappa shape index (κ3) is 5.59. The summed E-state index contributed by atoms with van der Waals surface area (Å²) in [5, 5.41) is 3.19. The van der Waals surface area contributed by atoms with Gasteiger partial charge < -0.3 is 10.2 Å². The number of nitrogens with zero attached hydrogens (tertiary/aromatic N) is 3. The van der Waals surface area contributed by atoms with Gasteiger partial charge in [-0.05, 0) is 53.3 Å². The average molecular weight is 381 g/mol. The highest BCUT2D eigenvalue weighted by Gasteiger charge is 2.01. The second-order valence-corrected chi connectivity index (χ2v) is 6.83. The van der Waals surface area contributed by atoms with E-state index >= 15 is 0 Å². The molecule has 1 aromatic heterocycles. The van der Waals surface area contributed by atoms with Crippen LogP contribution < -0.4 is 5.32 Å². The third-order valence-electron chi connectivity index (χ3n) is 3.30. The molecule has 0 bridgehead atoms. The predicted molar refractivity (Wildman–Crippen MR) is 98.0 cm³/mol. The molecule has 0 aliphatic carbocycles. The third-order valence-corrected chi connectivity index (χ3v) is 4.70. The number of thioether (sulfide) groups is 1. The molecule has 1 N–H and O–H groups in total. The van der Waals surface area contributed by atoms with E-state index in [0.717, 1.165) is 35.5 Å². The number of anilines is 2. The topological polar surface area (TPSA) is 41.0 Å². The molecule has 1 heterocycles. The largest absolute Gasteiger partial charge is 0.324 e. The number of rotatable bonds is 8. The summed E-state index contributed by atoms with van der Waals surface area (Å²) in [6, 6.07) is 8.39. The summed E-state index contributed by atoms with van der Waals surface area (Å²) < 4.78 is 0.873. The Labute approximate surface area is 144 Å². The Kier molecular flexibility index (Phi) is 7.15. The van der Waals surface area contributed by atoms with Crippen molar-refractivity contribution in [1.29, 1.82) is 0 Å². The molecule has 6 heteroatoms. The summed E-state index contributed by atoms with van der Waals surface area (Å²) in [7, 11) is 0. The first-order valence-electron chi connectivity index (χ1n) is 7.41. The van der Waals surface area contributed by atoms with Crippen molar-refractivity contribution in [3.63, 3.8) is 0 Å². The van der Waals surface area contributed by atoms with Crippen molar-refractivity contribution < 1.29 is 0 Å². The summed E-state index contributed by atoms with van der Waals surface area (Å²) >= 11 is 5.22. The molecule has 2 aromatic rings. The second kappa shape index (κ2) is 9.12. The second-order valence-electron chi connectivity index (χ2n) is 4.75. The monoisotopic (exact) mass is 380 g/mol. The molecule has 4 nitrogen and oxygen atoms in total. The lowest BCUT2D eigenvalue weighted by molar-refractivity contribution is 0.324. The van der Waals surface area contributed by atoms with Gasteiger partial charge in [-0.25, -0.2) is 9.97 Å². The molecule has 0 radical (unpaired) electrons. The Balaban J connectivity index is 1.83. The molecule has 0 atom stereocenters. The first kappa shape index (κ1) is 17.2. The van der Waals surface area contributed by atoms with Gasteiger partial charge in [-0.15, -0.1) is 11.8 Å². The Hall–Kier alpha value is -1.11. The molecule has 2 rings (SSSR count). The molecule has 0 saturated carbocycles. The van der Waals surface area contributed by atoms with E-state index in [9.17, 15) is 0 Å². The minimum absolute atomic E-state index is 0.602. The van der Waals surface area contributed by atoms with Crippen LogP contribution in [0.2, 0.25) is 0 Å². The average Bonchev–Trinajstić information content (AvgIpc) is 2.55. The van der Waals surface area contributed by atoms with Crippen molar-refractivity contribution in [3.8, 4) is 0 Å². The zero-order chi connectivity index (χ0) is 15.8. The number of benzene rings is 1. The van der Waals surface area contributed by atoms with Gasteiger partial charge in [0.15, 0.2) is 0 Å². The predicted octanol–water partition coefficient (Wildman–Crippen LogP) is 4.42. The van der Waals surface area contributed by atoms with E-state index in [-0.39, 0.29) is 0 Å². The van der Waals surface area contributed by atoms with Gasteiger partial charge in [-0.2, -0.15) is 0 Å². The van der Waals surface area contributed by atoms with Crippen molar-refractivity contribution in [2.45, 2.75) is 18.7 Å². The van der Waals surface area contributed by atoms with Gasteiger partial charge >= 0.3 is 0 Å². The standard InChI is InChI=1S/C16H21BrN4S/c1-3-21(4-2)9-10-22-15-7-5-14(6-8-15)20-16-18-11-13(17)12-19-16/h5-8,11-12H,3-4,9-10H2,1-2H3,(H,18,19,20). The molecule has 0 aliphatic rings. The van der Waals surface area contributed by atoms with Gasteiger partial charge in [-0.3, -0.25) is 0 Å². The van der Waals surface area contributed by atoms with Crippen LogP contribution in [0.4, 0.5) is 11.6 Å². The van der Waals surface area contributed by atoms with Crippen molar-refractivity contribution in [2.75, 3.05) is 30.7 Å². The van der Waals surface area contributed by atoms with Crippen LogP contribution in [0.1, 0.15) is 13.8 Å². The van der Waals surface area contributed by atoms with E-state index in [1.165, 1.54) is 4.90 Å². The van der Waals surface area contributed by atoms with Gasteiger partial charge in [0, 0.05) is 35.3 Å². The quantitative estimate of drug-likeness (QED) is 0.686. The van der Waals surface area contributed by atoms with Crippen LogP contribution in [0.5, 0.6) is 0 Å². The Bertz CT molecular complexity index is 555. The fourth-order valence-corrected chi connectivity index (χ4v) is 3.09. The number of hydrogen-bond donors (Lipinski definition) is 1. The van der Waals surface area contributed by atoms with Crippen LogP contribution >= 0.6 is 27.7 Å². The zero-order valence-electron chi connectivity index (χ0n) is 12.9. The van der Waals surface area contributed by atoms with Crippen molar-refractivity contribution in [3.05, 3.63) is 41.1 Å². The first-order chi connectivity index (χ1) is 10.7. The highest BCUT2D eigenvalue weighted by atomic mass is 79.9. The van der Waals surface area contributed by atoms with E-state index in [4.69, 9.17) is 0 Å². The summed E-state index contributed by atoms with van der Waals surface area (Å²) in [4.78, 5) is 12.1. The van der Waals surface area contributed by atoms with Gasteiger partial charge in [0.25, 0.3) is 0 Å². The summed E-state index contributed by atoms with van der Waals surface area (Å²) in [6.07, 6.45) is 3.46. The fraction of sp³-hybridized carbons (Fsp3) is 0.375. The van der Waals surface area contributed by atoms with Crippen molar-refractivity contribution >= 4 is 39.3 Å². The number of hydrogen-bond acceptors (Lipinski definition) is 5. The van der Waals surface area contributed by atoms with E-state index in [1.54, 1.807) is 12.4 Å². The van der Waals surface area contributed by atoms with Crippen LogP contribution in [0.25, 0.3) is 0 Å². The molecule has 0 unspecified atom stereocenters. The molecule has 0 fully saturated rings. The molecule has 1 aromatic carbocycles. The zero-order valence-corrected chi connectivity index (χ0v) is 15.3. The summed E-state index contributed by atoms with van der Waals surface area (Å²) in [5.74, 6) is 1.72. The highest BCUT2D eigenvalue weighted by molar-refractivity contribution is 9.10. The highest BCUT2D eigenvalue weighted by Crippen LogP contribution is 2.21. The van der Waals surface area contributed by atoms with Crippen molar-refractivity contribution in [1.82, 2.24) is 14.9 Å². The van der Waals surface area contributed by atoms with Crippen LogP contribution in [-0.4, -0.2) is 40.3 Å². The molecule has 0 aliphatic heterocycles. The van der Waals surface area contributed by atoms with Crippen LogP contribution in [0, 0.1) is 0 Å². The molecule has 0 spiro atoms. The Morgan fingerprint density at radius 2 is 1.73 bits per heavy atom. The van der Waals surface area contributed by atoms with Gasteiger partial charge in [0.1, 0.15) is 0 Å². The number of aromatic nitrogens is 2. The van der Waals surface area contributed by atoms with Crippen molar-refractivity contribution in [2.24, 2.45) is 0 Å². The maximum Gasteiger partial charge on any atom is 0.227 e. The Morgan fingerprint density at radius 3 is 2.32 bits per heavy atom. The van der Waals surface area contributed by atoms with Crippen LogP contribution in [-0.2, 0) is 0 Å². The molecule has 0 amide bonds. The van der Waals surface area contributed by atoms with Gasteiger partial charge in [0.05, 0.1) is 4.47 Å². The van der Waals surface area contributed by atoms with Gasteiger partial charge in [0.2, 0.25) is 5.95 Å². The van der Waals surface area contributed by atoms with E-state index in [1.807, 2.05) is 11.8 Å². The normalized spacial score (nSPS) is 10.9. The Morgan fingerprint density at radius 1 is 1.09 bits per heavy atom. The molecule has 22 heavy (non-hydrogen) atoms. The maximum atomic E-state index is 4.20. The van der Waals surface area contributed by atoms with E-state index in [2.05, 4.69) is 74.2 Å². The molecule has 0 saturated heterocycles. The van der Waals surface area contributed by atoms with Crippen LogP contribution in [0.3, 0.4) is 0 Å². The lowest BCUT2D eigenvalue weighted by Crippen LogP contribution is -2.25. The first-order valence-corrected chi connectivity index (χ1v) is 9.19. The smallest absolute Gasteiger partial charge is 0.227 e. The lowest BCUT2D eigenvalue weighted by atomic mass is 10.3. The minimum Gasteiger partial charge on any atom is -0.324 e. The molecule has 118 valence electrons. The number of halogens is 1. The van der Waals surface area contributed by atoms with Gasteiger partial charge in [-0.1, -0.05) is 13.8 Å².